The number of ether oxygens (including phenoxy) is 2. The van der Waals surface area contributed by atoms with E-state index in [0.29, 0.717) is 19.8 Å². The maximum atomic E-state index is 11.1. The van der Waals surface area contributed by atoms with Gasteiger partial charge in [-0.15, -0.1) is 0 Å². The Morgan fingerprint density at radius 1 is 1.30 bits per heavy atom. The highest BCUT2D eigenvalue weighted by Crippen LogP contribution is 2.31. The second-order valence-electron chi connectivity index (χ2n) is 5.39. The third-order valence-electron chi connectivity index (χ3n) is 3.87. The van der Waals surface area contributed by atoms with Crippen molar-refractivity contribution in [1.29, 1.82) is 0 Å². The van der Waals surface area contributed by atoms with Crippen molar-refractivity contribution >= 4 is 5.97 Å². The summed E-state index contributed by atoms with van der Waals surface area (Å²) in [6, 6.07) is 5.96. The molecule has 0 aromatic heterocycles. The number of hydrogen-bond donors (Lipinski definition) is 1. The summed E-state index contributed by atoms with van der Waals surface area (Å²) in [6.45, 7) is 3.53. The number of nitrogens with zero attached hydrogens (tertiary/aromatic N) is 1. The lowest BCUT2D eigenvalue weighted by Crippen LogP contribution is -2.38. The number of carboxylic acids is 1. The van der Waals surface area contributed by atoms with Gasteiger partial charge in [-0.05, 0) is 37.1 Å². The fourth-order valence-electron chi connectivity index (χ4n) is 2.85. The van der Waals surface area contributed by atoms with Crippen LogP contribution in [0, 0.1) is 5.92 Å². The third kappa shape index (κ3) is 2.88. The molecule has 0 spiro atoms. The topological polar surface area (TPSA) is 59.0 Å². The molecule has 0 bridgehead atoms. The first-order valence-corrected chi connectivity index (χ1v) is 7.06. The fourth-order valence-corrected chi connectivity index (χ4v) is 2.85. The van der Waals surface area contributed by atoms with Gasteiger partial charge in [0.05, 0.1) is 5.92 Å². The van der Waals surface area contributed by atoms with E-state index in [0.717, 1.165) is 43.0 Å². The summed E-state index contributed by atoms with van der Waals surface area (Å²) in [4.78, 5) is 13.3. The average molecular weight is 277 g/mol. The van der Waals surface area contributed by atoms with Gasteiger partial charge in [-0.2, -0.15) is 0 Å². The highest BCUT2D eigenvalue weighted by molar-refractivity contribution is 5.70. The van der Waals surface area contributed by atoms with Gasteiger partial charge in [0.2, 0.25) is 0 Å². The maximum absolute atomic E-state index is 11.1. The first-order valence-electron chi connectivity index (χ1n) is 7.06. The Balaban J connectivity index is 1.66. The van der Waals surface area contributed by atoms with Gasteiger partial charge in [0.1, 0.15) is 13.2 Å². The number of carbonyl (C=O) groups is 1. The van der Waals surface area contributed by atoms with Crippen LogP contribution >= 0.6 is 0 Å². The summed E-state index contributed by atoms with van der Waals surface area (Å²) in [6.07, 6.45) is 1.73. The van der Waals surface area contributed by atoms with Gasteiger partial charge in [-0.25, -0.2) is 0 Å². The predicted molar refractivity (Wildman–Crippen MR) is 73.1 cm³/mol. The number of hydrogen-bond acceptors (Lipinski definition) is 4. The zero-order valence-corrected chi connectivity index (χ0v) is 11.4. The molecule has 2 aliphatic rings. The lowest BCUT2D eigenvalue weighted by Gasteiger charge is -2.30. The van der Waals surface area contributed by atoms with Crippen molar-refractivity contribution < 1.29 is 19.4 Å². The lowest BCUT2D eigenvalue weighted by molar-refractivity contribution is -0.143. The Morgan fingerprint density at radius 3 is 2.90 bits per heavy atom. The van der Waals surface area contributed by atoms with Gasteiger partial charge in [-0.3, -0.25) is 9.69 Å². The molecule has 1 N–H and O–H groups in total. The SMILES string of the molecule is O=C(O)C1CCCN(Cc2ccc3c(c2)OCCO3)C1. The van der Waals surface area contributed by atoms with Gasteiger partial charge in [0.15, 0.2) is 11.5 Å². The van der Waals surface area contributed by atoms with E-state index < -0.39 is 5.97 Å². The van der Waals surface area contributed by atoms with Crippen molar-refractivity contribution in [2.24, 2.45) is 5.92 Å². The second-order valence-corrected chi connectivity index (χ2v) is 5.39. The van der Waals surface area contributed by atoms with Crippen molar-refractivity contribution in [3.05, 3.63) is 23.8 Å². The minimum Gasteiger partial charge on any atom is -0.486 e. The van der Waals surface area contributed by atoms with E-state index >= 15 is 0 Å². The first-order chi connectivity index (χ1) is 9.72. The molecule has 1 atom stereocenters. The Labute approximate surface area is 118 Å². The molecular formula is C15H19NO4. The fraction of sp³-hybridized carbons (Fsp3) is 0.533. The number of carboxylic acid groups (broad SMARTS) is 1. The summed E-state index contributed by atoms with van der Waals surface area (Å²) in [5.41, 5.74) is 1.14. The normalized spacial score (nSPS) is 22.5. The molecule has 0 amide bonds. The summed E-state index contributed by atoms with van der Waals surface area (Å²) in [5.74, 6) is 0.667. The second kappa shape index (κ2) is 5.71. The number of benzene rings is 1. The van der Waals surface area contributed by atoms with Gasteiger partial charge in [0, 0.05) is 13.1 Å². The molecule has 1 aromatic rings. The largest absolute Gasteiger partial charge is 0.486 e. The third-order valence-corrected chi connectivity index (χ3v) is 3.87. The Morgan fingerprint density at radius 2 is 2.10 bits per heavy atom. The number of fused-ring (bicyclic) bond motifs is 1. The van der Waals surface area contributed by atoms with Crippen LogP contribution in [0.4, 0.5) is 0 Å². The standard InChI is InChI=1S/C15H19NO4/c17-15(18)12-2-1-5-16(10-12)9-11-3-4-13-14(8-11)20-7-6-19-13/h3-4,8,12H,1-2,5-7,9-10H2,(H,17,18). The summed E-state index contributed by atoms with van der Waals surface area (Å²) < 4.78 is 11.1. The van der Waals surface area contributed by atoms with E-state index in [1.54, 1.807) is 0 Å². The molecule has 2 aliphatic heterocycles. The smallest absolute Gasteiger partial charge is 0.307 e. The molecule has 5 nitrogen and oxygen atoms in total. The maximum Gasteiger partial charge on any atom is 0.307 e. The Hall–Kier alpha value is -1.75. The van der Waals surface area contributed by atoms with Gasteiger partial charge in [-0.1, -0.05) is 6.07 Å². The molecule has 1 aromatic carbocycles. The van der Waals surface area contributed by atoms with E-state index in [1.807, 2.05) is 18.2 Å². The minimum absolute atomic E-state index is 0.235. The highest BCUT2D eigenvalue weighted by atomic mass is 16.6. The molecule has 0 aliphatic carbocycles. The molecule has 2 heterocycles. The molecule has 3 rings (SSSR count). The van der Waals surface area contributed by atoms with Crippen LogP contribution in [0.1, 0.15) is 18.4 Å². The summed E-state index contributed by atoms with van der Waals surface area (Å²) >= 11 is 0. The number of piperidine rings is 1. The number of aliphatic carboxylic acids is 1. The average Bonchev–Trinajstić information content (AvgIpc) is 2.47. The van der Waals surface area contributed by atoms with Crippen LogP contribution in [-0.4, -0.2) is 42.3 Å². The minimum atomic E-state index is -0.683. The van der Waals surface area contributed by atoms with Crippen molar-refractivity contribution in [2.75, 3.05) is 26.3 Å². The van der Waals surface area contributed by atoms with Gasteiger partial charge in [0.25, 0.3) is 0 Å². The van der Waals surface area contributed by atoms with Crippen molar-refractivity contribution in [3.8, 4) is 11.5 Å². The van der Waals surface area contributed by atoms with E-state index in [-0.39, 0.29) is 5.92 Å². The van der Waals surface area contributed by atoms with Crippen LogP contribution in [0.15, 0.2) is 18.2 Å². The molecule has 1 unspecified atom stereocenters. The highest BCUT2D eigenvalue weighted by Gasteiger charge is 2.25. The van der Waals surface area contributed by atoms with Crippen LogP contribution in [0.3, 0.4) is 0 Å². The quantitative estimate of drug-likeness (QED) is 0.912. The van der Waals surface area contributed by atoms with E-state index in [1.165, 1.54) is 0 Å². The van der Waals surface area contributed by atoms with E-state index in [9.17, 15) is 4.79 Å². The van der Waals surface area contributed by atoms with Crippen LogP contribution in [-0.2, 0) is 11.3 Å². The molecule has 1 fully saturated rings. The van der Waals surface area contributed by atoms with Gasteiger partial charge < -0.3 is 14.6 Å². The predicted octanol–water partition coefficient (Wildman–Crippen LogP) is 1.75. The molecule has 5 heteroatoms. The summed E-state index contributed by atoms with van der Waals surface area (Å²) in [7, 11) is 0. The molecule has 20 heavy (non-hydrogen) atoms. The first kappa shape index (κ1) is 13.2. The van der Waals surface area contributed by atoms with Crippen LogP contribution < -0.4 is 9.47 Å². The molecule has 0 saturated carbocycles. The number of rotatable bonds is 3. The lowest BCUT2D eigenvalue weighted by atomic mass is 9.98. The van der Waals surface area contributed by atoms with Crippen LogP contribution in [0.25, 0.3) is 0 Å². The molecule has 1 saturated heterocycles. The summed E-state index contributed by atoms with van der Waals surface area (Å²) in [5, 5.41) is 9.12. The van der Waals surface area contributed by atoms with Crippen molar-refractivity contribution in [1.82, 2.24) is 4.90 Å². The Kier molecular flexibility index (Phi) is 3.78. The molecule has 0 radical (unpaired) electrons. The van der Waals surface area contributed by atoms with Gasteiger partial charge >= 0.3 is 5.97 Å². The van der Waals surface area contributed by atoms with Crippen molar-refractivity contribution in [2.45, 2.75) is 19.4 Å². The van der Waals surface area contributed by atoms with E-state index in [2.05, 4.69) is 4.90 Å². The van der Waals surface area contributed by atoms with E-state index in [4.69, 9.17) is 14.6 Å². The van der Waals surface area contributed by atoms with Crippen molar-refractivity contribution in [3.63, 3.8) is 0 Å². The monoisotopic (exact) mass is 277 g/mol. The Bertz CT molecular complexity index is 503. The van der Waals surface area contributed by atoms with Crippen LogP contribution in [0.5, 0.6) is 11.5 Å². The number of likely N-dealkylation sites (tertiary alicyclic amines) is 1. The van der Waals surface area contributed by atoms with Crippen LogP contribution in [0.2, 0.25) is 0 Å². The zero-order chi connectivity index (χ0) is 13.9. The molecular weight excluding hydrogens is 258 g/mol. The zero-order valence-electron chi connectivity index (χ0n) is 11.4. The molecule has 108 valence electrons.